The number of nitrogens with one attached hydrogen (secondary N) is 1. The van der Waals surface area contributed by atoms with Gasteiger partial charge in [0.1, 0.15) is 0 Å². The van der Waals surface area contributed by atoms with Crippen molar-refractivity contribution in [3.8, 4) is 0 Å². The topological polar surface area (TPSA) is 78.6 Å². The summed E-state index contributed by atoms with van der Waals surface area (Å²) in [6.45, 7) is 3.61. The first-order valence-electron chi connectivity index (χ1n) is 7.62. The van der Waals surface area contributed by atoms with Gasteiger partial charge < -0.3 is 21.1 Å². The highest BCUT2D eigenvalue weighted by Gasteiger charge is 2.23. The molecule has 2 amide bonds. The fourth-order valence-corrected chi connectivity index (χ4v) is 2.77. The van der Waals surface area contributed by atoms with E-state index >= 15 is 0 Å². The van der Waals surface area contributed by atoms with Crippen molar-refractivity contribution in [3.05, 3.63) is 29.8 Å². The number of carbonyl (C=O) groups excluding carboxylic acids is 1. The third-order valence-corrected chi connectivity index (χ3v) is 4.01. The summed E-state index contributed by atoms with van der Waals surface area (Å²) in [7, 11) is 0. The quantitative estimate of drug-likeness (QED) is 0.796. The molecule has 5 heteroatoms. The Kier molecular flexibility index (Phi) is 5.59. The number of anilines is 1. The summed E-state index contributed by atoms with van der Waals surface area (Å²) < 4.78 is 0. The first-order valence-corrected chi connectivity index (χ1v) is 7.62. The molecule has 1 aromatic carbocycles. The first kappa shape index (κ1) is 15.8. The van der Waals surface area contributed by atoms with Gasteiger partial charge in [-0.1, -0.05) is 12.1 Å². The molecule has 0 radical (unpaired) electrons. The minimum absolute atomic E-state index is 0.0502. The van der Waals surface area contributed by atoms with Crippen molar-refractivity contribution in [3.63, 3.8) is 0 Å². The number of urea groups is 1. The summed E-state index contributed by atoms with van der Waals surface area (Å²) in [6.07, 6.45) is 2.85. The lowest BCUT2D eigenvalue weighted by molar-refractivity contribution is 0.159. The van der Waals surface area contributed by atoms with E-state index in [-0.39, 0.29) is 18.7 Å². The molecular formula is C16H25N3O2. The number of nitrogens with zero attached hydrogens (tertiary/aromatic N) is 1. The summed E-state index contributed by atoms with van der Waals surface area (Å²) in [6, 6.07) is 7.53. The standard InChI is InChI=1S/C16H25N3O2/c1-12(17)14-5-2-6-15(10-14)18-16(21)19-8-3-4-13(11-19)7-9-20/h2,5-6,10,12-13,20H,3-4,7-9,11,17H2,1H3,(H,18,21). The van der Waals surface area contributed by atoms with Crippen molar-refractivity contribution in [2.45, 2.75) is 32.2 Å². The number of benzene rings is 1. The molecule has 1 aliphatic rings. The van der Waals surface area contributed by atoms with E-state index in [9.17, 15) is 4.79 Å². The second-order valence-electron chi connectivity index (χ2n) is 5.81. The van der Waals surface area contributed by atoms with Gasteiger partial charge in [0.15, 0.2) is 0 Å². The number of piperidine rings is 1. The third kappa shape index (κ3) is 4.44. The van der Waals surface area contributed by atoms with Crippen LogP contribution in [0.2, 0.25) is 0 Å². The number of hydrogen-bond acceptors (Lipinski definition) is 3. The maximum Gasteiger partial charge on any atom is 0.321 e. The van der Waals surface area contributed by atoms with Crippen LogP contribution in [0.25, 0.3) is 0 Å². The highest BCUT2D eigenvalue weighted by molar-refractivity contribution is 5.89. The molecule has 0 saturated carbocycles. The summed E-state index contributed by atoms with van der Waals surface area (Å²) >= 11 is 0. The highest BCUT2D eigenvalue weighted by Crippen LogP contribution is 2.21. The van der Waals surface area contributed by atoms with Crippen LogP contribution in [-0.2, 0) is 0 Å². The SMILES string of the molecule is CC(N)c1cccc(NC(=O)N2CCCC(CCO)C2)c1. The molecule has 4 N–H and O–H groups in total. The molecule has 2 rings (SSSR count). The van der Waals surface area contributed by atoms with Crippen LogP contribution in [-0.4, -0.2) is 35.7 Å². The van der Waals surface area contributed by atoms with Crippen LogP contribution in [0.1, 0.15) is 37.8 Å². The number of carbonyl (C=O) groups is 1. The molecule has 0 aromatic heterocycles. The Hall–Kier alpha value is -1.59. The van der Waals surface area contributed by atoms with E-state index in [1.807, 2.05) is 36.1 Å². The van der Waals surface area contributed by atoms with E-state index in [4.69, 9.17) is 10.8 Å². The largest absolute Gasteiger partial charge is 0.396 e. The van der Waals surface area contributed by atoms with Gasteiger partial charge in [-0.15, -0.1) is 0 Å². The van der Waals surface area contributed by atoms with E-state index in [1.165, 1.54) is 0 Å². The second kappa shape index (κ2) is 7.43. The summed E-state index contributed by atoms with van der Waals surface area (Å²) in [5.74, 6) is 0.407. The van der Waals surface area contributed by atoms with Gasteiger partial charge >= 0.3 is 6.03 Å². The van der Waals surface area contributed by atoms with Gasteiger partial charge in [0, 0.05) is 31.4 Å². The Morgan fingerprint density at radius 3 is 3.10 bits per heavy atom. The third-order valence-electron chi connectivity index (χ3n) is 4.01. The molecular weight excluding hydrogens is 266 g/mol. The molecule has 21 heavy (non-hydrogen) atoms. The molecule has 2 unspecified atom stereocenters. The minimum Gasteiger partial charge on any atom is -0.396 e. The zero-order valence-corrected chi connectivity index (χ0v) is 12.6. The van der Waals surface area contributed by atoms with E-state index in [2.05, 4.69) is 5.32 Å². The Balaban J connectivity index is 1.96. The Morgan fingerprint density at radius 2 is 2.38 bits per heavy atom. The van der Waals surface area contributed by atoms with Crippen LogP contribution >= 0.6 is 0 Å². The first-order chi connectivity index (χ1) is 10.1. The van der Waals surface area contributed by atoms with E-state index < -0.39 is 0 Å². The van der Waals surface area contributed by atoms with E-state index in [0.29, 0.717) is 5.92 Å². The number of nitrogens with two attached hydrogens (primary N) is 1. The predicted octanol–water partition coefficient (Wildman–Crippen LogP) is 2.33. The van der Waals surface area contributed by atoms with Crippen LogP contribution in [0.3, 0.4) is 0 Å². The predicted molar refractivity (Wildman–Crippen MR) is 84.1 cm³/mol. The Morgan fingerprint density at radius 1 is 1.57 bits per heavy atom. The summed E-state index contributed by atoms with van der Waals surface area (Å²) in [5.41, 5.74) is 7.64. The summed E-state index contributed by atoms with van der Waals surface area (Å²) in [4.78, 5) is 14.2. The lowest BCUT2D eigenvalue weighted by atomic mass is 9.95. The molecule has 1 saturated heterocycles. The second-order valence-corrected chi connectivity index (χ2v) is 5.81. The number of aliphatic hydroxyl groups excluding tert-OH is 1. The zero-order valence-electron chi connectivity index (χ0n) is 12.6. The zero-order chi connectivity index (χ0) is 15.2. The number of aliphatic hydroxyl groups is 1. The van der Waals surface area contributed by atoms with Gasteiger partial charge in [-0.25, -0.2) is 4.79 Å². The van der Waals surface area contributed by atoms with E-state index in [1.54, 1.807) is 0 Å². The number of rotatable bonds is 4. The average Bonchev–Trinajstić information content (AvgIpc) is 2.48. The average molecular weight is 291 g/mol. The highest BCUT2D eigenvalue weighted by atomic mass is 16.3. The number of likely N-dealkylation sites (tertiary alicyclic amines) is 1. The van der Waals surface area contributed by atoms with Gasteiger partial charge in [0.2, 0.25) is 0 Å². The molecule has 0 bridgehead atoms. The minimum atomic E-state index is -0.0699. The van der Waals surface area contributed by atoms with Gasteiger partial charge in [0.05, 0.1) is 0 Å². The lowest BCUT2D eigenvalue weighted by Gasteiger charge is -2.32. The number of amides is 2. The Bertz CT molecular complexity index is 474. The fraction of sp³-hybridized carbons (Fsp3) is 0.562. The maximum absolute atomic E-state index is 12.3. The van der Waals surface area contributed by atoms with Crippen LogP contribution < -0.4 is 11.1 Å². The van der Waals surface area contributed by atoms with Gasteiger partial charge in [-0.2, -0.15) is 0 Å². The van der Waals surface area contributed by atoms with Crippen molar-refractivity contribution >= 4 is 11.7 Å². The molecule has 0 spiro atoms. The van der Waals surface area contributed by atoms with Crippen molar-refractivity contribution in [1.29, 1.82) is 0 Å². The van der Waals surface area contributed by atoms with Gasteiger partial charge in [0.25, 0.3) is 0 Å². The van der Waals surface area contributed by atoms with Gasteiger partial charge in [-0.05, 0) is 49.8 Å². The molecule has 0 aliphatic carbocycles. The van der Waals surface area contributed by atoms with Crippen molar-refractivity contribution in [2.24, 2.45) is 11.7 Å². The van der Waals surface area contributed by atoms with Crippen molar-refractivity contribution in [2.75, 3.05) is 25.0 Å². The normalized spacial score (nSPS) is 20.1. The van der Waals surface area contributed by atoms with Crippen LogP contribution in [0.4, 0.5) is 10.5 Å². The molecule has 1 aliphatic heterocycles. The van der Waals surface area contributed by atoms with Gasteiger partial charge in [-0.3, -0.25) is 0 Å². The molecule has 1 aromatic rings. The molecule has 1 heterocycles. The molecule has 2 atom stereocenters. The van der Waals surface area contributed by atoms with Crippen LogP contribution in [0, 0.1) is 5.92 Å². The lowest BCUT2D eigenvalue weighted by Crippen LogP contribution is -2.42. The monoisotopic (exact) mass is 291 g/mol. The smallest absolute Gasteiger partial charge is 0.321 e. The molecule has 5 nitrogen and oxygen atoms in total. The van der Waals surface area contributed by atoms with Crippen LogP contribution in [0.15, 0.2) is 24.3 Å². The maximum atomic E-state index is 12.3. The van der Waals surface area contributed by atoms with Crippen LogP contribution in [0.5, 0.6) is 0 Å². The Labute approximate surface area is 126 Å². The molecule has 1 fully saturated rings. The van der Waals surface area contributed by atoms with Crippen molar-refractivity contribution < 1.29 is 9.90 Å². The number of hydrogen-bond donors (Lipinski definition) is 3. The molecule has 116 valence electrons. The summed E-state index contributed by atoms with van der Waals surface area (Å²) in [5, 5.41) is 12.0. The van der Waals surface area contributed by atoms with E-state index in [0.717, 1.165) is 43.6 Å². The van der Waals surface area contributed by atoms with Crippen molar-refractivity contribution in [1.82, 2.24) is 4.90 Å². The fourth-order valence-electron chi connectivity index (χ4n) is 2.77.